The third kappa shape index (κ3) is 6.13. The van der Waals surface area contributed by atoms with Crippen molar-refractivity contribution in [3.63, 3.8) is 0 Å². The summed E-state index contributed by atoms with van der Waals surface area (Å²) in [5, 5.41) is 1.36. The SMILES string of the molecule is COc1ncc(Br)cc1-c1cccc(Cl)c1.COc1ncc(N)cc1-c1cccc(Cl)c1. The lowest BCUT2D eigenvalue weighted by Gasteiger charge is -2.08. The molecule has 0 spiro atoms. The highest BCUT2D eigenvalue weighted by molar-refractivity contribution is 9.10. The van der Waals surface area contributed by atoms with E-state index in [0.29, 0.717) is 27.5 Å². The van der Waals surface area contributed by atoms with Crippen LogP contribution in [0, 0.1) is 0 Å². The van der Waals surface area contributed by atoms with Gasteiger partial charge in [-0.05, 0) is 63.5 Å². The monoisotopic (exact) mass is 531 g/mol. The van der Waals surface area contributed by atoms with E-state index in [1.54, 1.807) is 26.6 Å². The van der Waals surface area contributed by atoms with Crippen LogP contribution in [0.3, 0.4) is 0 Å². The van der Waals surface area contributed by atoms with E-state index in [0.717, 1.165) is 26.7 Å². The van der Waals surface area contributed by atoms with Gasteiger partial charge >= 0.3 is 0 Å². The van der Waals surface area contributed by atoms with Gasteiger partial charge in [0.2, 0.25) is 11.8 Å². The van der Waals surface area contributed by atoms with Gasteiger partial charge in [0.15, 0.2) is 0 Å². The summed E-state index contributed by atoms with van der Waals surface area (Å²) in [6, 6.07) is 18.8. The molecule has 0 aliphatic heterocycles. The molecule has 164 valence electrons. The average Bonchev–Trinajstić information content (AvgIpc) is 2.79. The topological polar surface area (TPSA) is 70.3 Å². The molecule has 0 bridgehead atoms. The van der Waals surface area contributed by atoms with E-state index in [1.165, 1.54) is 0 Å². The summed E-state index contributed by atoms with van der Waals surface area (Å²) < 4.78 is 11.3. The van der Waals surface area contributed by atoms with E-state index >= 15 is 0 Å². The molecule has 2 heterocycles. The summed E-state index contributed by atoms with van der Waals surface area (Å²) in [6.07, 6.45) is 3.26. The first-order chi connectivity index (χ1) is 15.4. The molecule has 0 saturated heterocycles. The van der Waals surface area contributed by atoms with Gasteiger partial charge in [-0.2, -0.15) is 0 Å². The molecule has 2 aromatic carbocycles. The fourth-order valence-corrected chi connectivity index (χ4v) is 3.66. The summed E-state index contributed by atoms with van der Waals surface area (Å²) in [5.74, 6) is 1.13. The zero-order valence-corrected chi connectivity index (χ0v) is 20.4. The second-order valence-corrected chi connectivity index (χ2v) is 8.35. The fraction of sp³-hybridized carbons (Fsp3) is 0.0833. The molecule has 0 saturated carbocycles. The van der Waals surface area contributed by atoms with Crippen LogP contribution in [-0.4, -0.2) is 24.2 Å². The molecule has 0 unspecified atom stereocenters. The molecule has 32 heavy (non-hydrogen) atoms. The van der Waals surface area contributed by atoms with Gasteiger partial charge in [0.05, 0.1) is 26.1 Å². The normalized spacial score (nSPS) is 10.2. The lowest BCUT2D eigenvalue weighted by Crippen LogP contribution is -1.94. The van der Waals surface area contributed by atoms with Crippen molar-refractivity contribution in [3.05, 3.63) is 87.6 Å². The number of anilines is 1. The molecular formula is C24H20BrCl2N3O2. The minimum atomic E-state index is 0.538. The Morgan fingerprint density at radius 2 is 1.25 bits per heavy atom. The standard InChI is InChI=1S/C12H9BrClNO.C12H11ClN2O/c1-16-12-11(6-9(13)7-15-12)8-3-2-4-10(14)5-8;1-16-12-11(6-10(14)7-15-12)8-3-2-4-9(13)5-8/h2-7H,1H3;2-7H,14H2,1H3. The Bertz CT molecular complexity index is 1130. The first-order valence-electron chi connectivity index (χ1n) is 9.42. The number of halogens is 3. The Morgan fingerprint density at radius 1 is 0.750 bits per heavy atom. The summed E-state index contributed by atoms with van der Waals surface area (Å²) in [7, 11) is 3.18. The number of pyridine rings is 2. The molecule has 0 amide bonds. The predicted octanol–water partition coefficient (Wildman–Crippen LogP) is 7.17. The van der Waals surface area contributed by atoms with Gasteiger partial charge in [-0.15, -0.1) is 0 Å². The molecule has 0 atom stereocenters. The number of benzene rings is 2. The summed E-state index contributed by atoms with van der Waals surface area (Å²) >= 11 is 15.3. The Morgan fingerprint density at radius 3 is 1.75 bits per heavy atom. The summed E-state index contributed by atoms with van der Waals surface area (Å²) in [4.78, 5) is 8.30. The van der Waals surface area contributed by atoms with Crippen molar-refractivity contribution in [2.24, 2.45) is 0 Å². The van der Waals surface area contributed by atoms with Gasteiger partial charge in [0.1, 0.15) is 0 Å². The summed E-state index contributed by atoms with van der Waals surface area (Å²) in [6.45, 7) is 0. The number of nitrogens with zero attached hydrogens (tertiary/aromatic N) is 2. The minimum absolute atomic E-state index is 0.538. The lowest BCUT2D eigenvalue weighted by atomic mass is 10.1. The highest BCUT2D eigenvalue weighted by Gasteiger charge is 2.09. The van der Waals surface area contributed by atoms with E-state index in [2.05, 4.69) is 25.9 Å². The van der Waals surface area contributed by atoms with Gasteiger partial charge in [-0.3, -0.25) is 0 Å². The van der Waals surface area contributed by atoms with Crippen molar-refractivity contribution in [2.45, 2.75) is 0 Å². The van der Waals surface area contributed by atoms with Crippen molar-refractivity contribution in [3.8, 4) is 34.0 Å². The van der Waals surface area contributed by atoms with Crippen LogP contribution in [0.4, 0.5) is 5.69 Å². The first-order valence-corrected chi connectivity index (χ1v) is 11.0. The van der Waals surface area contributed by atoms with Crippen LogP contribution in [-0.2, 0) is 0 Å². The van der Waals surface area contributed by atoms with Gasteiger partial charge in [0, 0.05) is 31.8 Å². The molecule has 4 aromatic rings. The van der Waals surface area contributed by atoms with Gasteiger partial charge in [-0.25, -0.2) is 9.97 Å². The number of nitrogens with two attached hydrogens (primary N) is 1. The summed E-state index contributed by atoms with van der Waals surface area (Å²) in [5.41, 5.74) is 9.97. The zero-order chi connectivity index (χ0) is 23.1. The van der Waals surface area contributed by atoms with Crippen LogP contribution in [0.15, 0.2) is 77.5 Å². The van der Waals surface area contributed by atoms with E-state index in [9.17, 15) is 0 Å². The van der Waals surface area contributed by atoms with E-state index in [1.807, 2.05) is 60.7 Å². The molecule has 5 nitrogen and oxygen atoms in total. The predicted molar refractivity (Wildman–Crippen MR) is 135 cm³/mol. The zero-order valence-electron chi connectivity index (χ0n) is 17.4. The van der Waals surface area contributed by atoms with E-state index in [4.69, 9.17) is 38.4 Å². The van der Waals surface area contributed by atoms with Crippen molar-refractivity contribution in [1.82, 2.24) is 9.97 Å². The molecule has 0 radical (unpaired) electrons. The van der Waals surface area contributed by atoms with Crippen LogP contribution >= 0.6 is 39.1 Å². The Kier molecular flexibility index (Phi) is 8.33. The minimum Gasteiger partial charge on any atom is -0.481 e. The molecule has 0 aliphatic carbocycles. The Balaban J connectivity index is 0.000000181. The number of hydrogen-bond donors (Lipinski definition) is 1. The Labute approximate surface area is 205 Å². The van der Waals surface area contributed by atoms with Crippen molar-refractivity contribution in [1.29, 1.82) is 0 Å². The van der Waals surface area contributed by atoms with Crippen LogP contribution in [0.2, 0.25) is 10.0 Å². The fourth-order valence-electron chi connectivity index (χ4n) is 2.95. The number of rotatable bonds is 4. The quantitative estimate of drug-likeness (QED) is 0.301. The van der Waals surface area contributed by atoms with Crippen molar-refractivity contribution in [2.75, 3.05) is 20.0 Å². The second-order valence-electron chi connectivity index (χ2n) is 6.56. The number of ether oxygens (including phenoxy) is 2. The molecule has 2 N–H and O–H groups in total. The largest absolute Gasteiger partial charge is 0.481 e. The maximum absolute atomic E-state index is 5.96. The first kappa shape index (κ1) is 23.9. The third-order valence-electron chi connectivity index (χ3n) is 4.35. The number of aromatic nitrogens is 2. The van der Waals surface area contributed by atoms with Gasteiger partial charge < -0.3 is 15.2 Å². The van der Waals surface area contributed by atoms with Crippen molar-refractivity contribution < 1.29 is 9.47 Å². The number of hydrogen-bond acceptors (Lipinski definition) is 5. The second kappa shape index (κ2) is 11.2. The third-order valence-corrected chi connectivity index (χ3v) is 5.25. The van der Waals surface area contributed by atoms with Crippen LogP contribution in [0.25, 0.3) is 22.3 Å². The average molecular weight is 533 g/mol. The van der Waals surface area contributed by atoms with E-state index in [-0.39, 0.29) is 0 Å². The molecular weight excluding hydrogens is 513 g/mol. The molecule has 2 aromatic heterocycles. The maximum atomic E-state index is 5.96. The number of nitrogen functional groups attached to an aromatic ring is 1. The van der Waals surface area contributed by atoms with Gasteiger partial charge in [-0.1, -0.05) is 47.5 Å². The number of methoxy groups -OCH3 is 2. The van der Waals surface area contributed by atoms with Crippen LogP contribution < -0.4 is 15.2 Å². The Hall–Kier alpha value is -2.80. The van der Waals surface area contributed by atoms with Crippen LogP contribution in [0.5, 0.6) is 11.8 Å². The molecule has 8 heteroatoms. The lowest BCUT2D eigenvalue weighted by molar-refractivity contribution is 0.399. The highest BCUT2D eigenvalue weighted by atomic mass is 79.9. The van der Waals surface area contributed by atoms with Crippen molar-refractivity contribution >= 4 is 44.8 Å². The maximum Gasteiger partial charge on any atom is 0.221 e. The van der Waals surface area contributed by atoms with Crippen LogP contribution in [0.1, 0.15) is 0 Å². The molecule has 4 rings (SSSR count). The highest BCUT2D eigenvalue weighted by Crippen LogP contribution is 2.32. The molecule has 0 aliphatic rings. The van der Waals surface area contributed by atoms with Gasteiger partial charge in [0.25, 0.3) is 0 Å². The van der Waals surface area contributed by atoms with E-state index < -0.39 is 0 Å². The molecule has 0 fully saturated rings. The smallest absolute Gasteiger partial charge is 0.221 e.